The first-order valence-electron chi connectivity index (χ1n) is 18.6. The van der Waals surface area contributed by atoms with Crippen molar-refractivity contribution in [3.63, 3.8) is 0 Å². The van der Waals surface area contributed by atoms with Gasteiger partial charge >= 0.3 is 0 Å². The molecule has 0 bridgehead atoms. The van der Waals surface area contributed by atoms with E-state index in [9.17, 15) is 0 Å². The van der Waals surface area contributed by atoms with E-state index >= 15 is 0 Å². The zero-order valence-electron chi connectivity index (χ0n) is 29.4. The molecular weight excluding hydrogens is 675 g/mol. The Morgan fingerprint density at radius 1 is 0.537 bits per heavy atom. The van der Waals surface area contributed by atoms with E-state index in [0.29, 0.717) is 0 Å². The number of allylic oxidation sites excluding steroid dienone is 4. The Bertz CT molecular complexity index is 2970. The third kappa shape index (κ3) is 5.02. The van der Waals surface area contributed by atoms with Crippen molar-refractivity contribution in [1.82, 2.24) is 15.2 Å². The van der Waals surface area contributed by atoms with E-state index in [0.717, 1.165) is 16.9 Å². The molecule has 54 heavy (non-hydrogen) atoms. The van der Waals surface area contributed by atoms with Gasteiger partial charge in [0.2, 0.25) is 0 Å². The van der Waals surface area contributed by atoms with E-state index in [-0.39, 0.29) is 12.1 Å². The fourth-order valence-corrected chi connectivity index (χ4v) is 9.75. The number of hydrogen-bond donors (Lipinski definition) is 2. The highest BCUT2D eigenvalue weighted by Crippen LogP contribution is 2.35. The number of fused-ring (bicyclic) bond motifs is 7. The maximum absolute atomic E-state index is 3.91. The van der Waals surface area contributed by atoms with Crippen LogP contribution in [0.3, 0.4) is 0 Å². The highest BCUT2D eigenvalue weighted by molar-refractivity contribution is 7.17. The van der Waals surface area contributed by atoms with Crippen LogP contribution in [0.15, 0.2) is 188 Å². The minimum atomic E-state index is 0.00120. The summed E-state index contributed by atoms with van der Waals surface area (Å²) in [6, 6.07) is 55.2. The van der Waals surface area contributed by atoms with E-state index in [1.807, 2.05) is 11.3 Å². The van der Waals surface area contributed by atoms with Crippen LogP contribution in [0.2, 0.25) is 0 Å². The third-order valence-electron chi connectivity index (χ3n) is 11.1. The van der Waals surface area contributed by atoms with Gasteiger partial charge in [0, 0.05) is 42.0 Å². The van der Waals surface area contributed by atoms with E-state index in [4.69, 9.17) is 0 Å². The summed E-state index contributed by atoms with van der Waals surface area (Å²) in [6.45, 7) is 0. The van der Waals surface area contributed by atoms with Gasteiger partial charge in [0.1, 0.15) is 0 Å². The Morgan fingerprint density at radius 3 is 1.96 bits per heavy atom. The molecule has 0 radical (unpaired) electrons. The fourth-order valence-electron chi connectivity index (χ4n) is 8.48. The second kappa shape index (κ2) is 12.5. The second-order valence-corrected chi connectivity index (χ2v) is 15.3. The molecule has 4 heterocycles. The van der Waals surface area contributed by atoms with Crippen LogP contribution in [0.4, 0.5) is 0 Å². The lowest BCUT2D eigenvalue weighted by Gasteiger charge is -2.27. The zero-order chi connectivity index (χ0) is 35.6. The molecule has 0 fully saturated rings. The molecule has 4 heteroatoms. The summed E-state index contributed by atoms with van der Waals surface area (Å²) >= 11 is 1.90. The Balaban J connectivity index is 0.972. The Labute approximate surface area is 317 Å². The topological polar surface area (TPSA) is 29.0 Å². The van der Waals surface area contributed by atoms with Crippen LogP contribution in [0.5, 0.6) is 0 Å². The predicted molar refractivity (Wildman–Crippen MR) is 228 cm³/mol. The third-order valence-corrected chi connectivity index (χ3v) is 12.3. The second-order valence-electron chi connectivity index (χ2n) is 14.2. The van der Waals surface area contributed by atoms with Gasteiger partial charge in [-0.05, 0) is 75.9 Å². The summed E-state index contributed by atoms with van der Waals surface area (Å²) in [5.74, 6) is 0. The average Bonchev–Trinajstić information content (AvgIpc) is 3.81. The number of rotatable bonds is 5. The molecule has 2 N–H and O–H groups in total. The summed E-state index contributed by atoms with van der Waals surface area (Å²) in [4.78, 5) is 0. The quantitative estimate of drug-likeness (QED) is 0.186. The van der Waals surface area contributed by atoms with Crippen molar-refractivity contribution in [2.24, 2.45) is 0 Å². The minimum absolute atomic E-state index is 0.00120. The number of aromatic nitrogens is 1. The lowest BCUT2D eigenvalue weighted by molar-refractivity contribution is 0.766. The van der Waals surface area contributed by atoms with E-state index in [1.165, 1.54) is 75.2 Å². The average molecular weight is 710 g/mol. The van der Waals surface area contributed by atoms with Gasteiger partial charge in [-0.15, -0.1) is 11.3 Å². The molecule has 2 aliphatic heterocycles. The lowest BCUT2D eigenvalue weighted by atomic mass is 9.92. The molecule has 2 aromatic heterocycles. The largest absolute Gasteiger partial charge is 0.374 e. The van der Waals surface area contributed by atoms with Crippen molar-refractivity contribution in [3.8, 4) is 5.69 Å². The van der Waals surface area contributed by atoms with Gasteiger partial charge in [-0.3, -0.25) is 0 Å². The van der Waals surface area contributed by atoms with Gasteiger partial charge in [-0.25, -0.2) is 0 Å². The van der Waals surface area contributed by atoms with Crippen LogP contribution in [-0.2, 0) is 0 Å². The van der Waals surface area contributed by atoms with Gasteiger partial charge in [-0.1, -0.05) is 146 Å². The number of thiophene rings is 1. The molecule has 2 unspecified atom stereocenters. The summed E-state index contributed by atoms with van der Waals surface area (Å²) < 4.78 is 5.06. The molecule has 3 nitrogen and oxygen atoms in total. The van der Waals surface area contributed by atoms with Crippen molar-refractivity contribution in [3.05, 3.63) is 220 Å². The maximum atomic E-state index is 3.91. The zero-order valence-corrected chi connectivity index (χ0v) is 30.2. The summed E-state index contributed by atoms with van der Waals surface area (Å²) in [7, 11) is 0. The van der Waals surface area contributed by atoms with Gasteiger partial charge in [0.15, 0.2) is 0 Å². The molecule has 0 amide bonds. The van der Waals surface area contributed by atoms with E-state index in [1.54, 1.807) is 0 Å². The highest BCUT2D eigenvalue weighted by Gasteiger charge is 2.24. The first kappa shape index (κ1) is 31.0. The molecule has 256 valence electrons. The van der Waals surface area contributed by atoms with Gasteiger partial charge in [-0.2, -0.15) is 0 Å². The molecule has 3 aliphatic rings. The summed E-state index contributed by atoms with van der Waals surface area (Å²) in [5.41, 5.74) is 13.2. The number of hydrogen-bond acceptors (Lipinski definition) is 3. The molecular formula is C50H35N3S. The fraction of sp³-hybridized carbons (Fsp3) is 0.0400. The number of benzene rings is 6. The number of para-hydroxylation sites is 2. The first-order valence-corrected chi connectivity index (χ1v) is 19.4. The normalized spacial score (nSPS) is 17.6. The van der Waals surface area contributed by atoms with Crippen LogP contribution in [0, 0.1) is 0 Å². The van der Waals surface area contributed by atoms with Gasteiger partial charge in [0.05, 0.1) is 28.8 Å². The number of dihydropyridines is 1. The molecule has 2 atom stereocenters. The highest BCUT2D eigenvalue weighted by atomic mass is 32.1. The molecule has 11 rings (SSSR count). The van der Waals surface area contributed by atoms with Crippen molar-refractivity contribution in [2.75, 3.05) is 0 Å². The van der Waals surface area contributed by atoms with Crippen molar-refractivity contribution in [1.29, 1.82) is 0 Å². The molecule has 0 spiro atoms. The summed E-state index contributed by atoms with van der Waals surface area (Å²) in [5, 5.41) is 13.0. The van der Waals surface area contributed by atoms with Crippen molar-refractivity contribution < 1.29 is 0 Å². The van der Waals surface area contributed by atoms with Gasteiger partial charge in [0.25, 0.3) is 0 Å². The minimum Gasteiger partial charge on any atom is -0.374 e. The van der Waals surface area contributed by atoms with Crippen molar-refractivity contribution >= 4 is 65.8 Å². The maximum Gasteiger partial charge on any atom is 0.0715 e. The number of nitrogens with one attached hydrogen (secondary N) is 2. The van der Waals surface area contributed by atoms with E-state index < -0.39 is 0 Å². The lowest BCUT2D eigenvalue weighted by Crippen LogP contribution is -2.43. The Kier molecular flexibility index (Phi) is 7.17. The number of nitrogens with zero attached hydrogens (tertiary/aromatic N) is 1. The van der Waals surface area contributed by atoms with Crippen molar-refractivity contribution in [2.45, 2.75) is 12.1 Å². The van der Waals surface area contributed by atoms with Crippen LogP contribution < -0.4 is 20.4 Å². The Hall–Kier alpha value is -6.62. The standard InChI is InChI=1S/C50H35N3S/c1-2-12-32(13-3-1)36-30-43(51-44(31-36)34-26-28-37(29-27-34)53-45-19-9-5-14-38(45)39-15-6-10-20-46(39)53)33-22-24-35(25-23-33)49-48-41-17-7-11-21-47(41)54-50(48)40-16-4-8-18-42(40)52-49/h1-31,42,44,51-52H. The SMILES string of the molecule is C1=CC2=c3sc4ccccc4c3=C(c3ccc(C4=CC(c5ccccc5)=CC(c5ccc(-n6c7ccccc7c7ccccc76)cc5)N4)cc3)NC2C=C1. The molecule has 6 aromatic carbocycles. The monoisotopic (exact) mass is 709 g/mol. The van der Waals surface area contributed by atoms with Crippen LogP contribution in [0.25, 0.3) is 60.1 Å². The molecule has 1 aliphatic carbocycles. The molecule has 0 saturated carbocycles. The molecule has 0 saturated heterocycles. The Morgan fingerprint density at radius 2 is 1.20 bits per heavy atom. The first-order chi connectivity index (χ1) is 26.8. The van der Waals surface area contributed by atoms with Gasteiger partial charge < -0.3 is 15.2 Å². The van der Waals surface area contributed by atoms with E-state index in [2.05, 4.69) is 203 Å². The van der Waals surface area contributed by atoms with Crippen LogP contribution in [-0.4, -0.2) is 10.6 Å². The summed E-state index contributed by atoms with van der Waals surface area (Å²) in [6.07, 6.45) is 13.5. The molecule has 8 aromatic rings. The predicted octanol–water partition coefficient (Wildman–Crippen LogP) is 10.2. The van der Waals surface area contributed by atoms with Crippen LogP contribution >= 0.6 is 11.3 Å². The van der Waals surface area contributed by atoms with Crippen LogP contribution in [0.1, 0.15) is 28.3 Å². The smallest absolute Gasteiger partial charge is 0.0715 e.